The van der Waals surface area contributed by atoms with Gasteiger partial charge in [0.1, 0.15) is 5.82 Å². The van der Waals surface area contributed by atoms with Crippen molar-refractivity contribution in [2.24, 2.45) is 35.3 Å². The number of aromatic amines is 1. The van der Waals surface area contributed by atoms with E-state index in [1.54, 1.807) is 0 Å². The fourth-order valence-electron chi connectivity index (χ4n) is 5.55. The fourth-order valence-corrected chi connectivity index (χ4v) is 5.55. The molecule has 4 aliphatic carbocycles. The molecule has 1 heterocycles. The number of rotatable bonds is 3. The lowest BCUT2D eigenvalue weighted by Gasteiger charge is -2.55. The highest BCUT2D eigenvalue weighted by atomic mass is 15.0. The van der Waals surface area contributed by atoms with Gasteiger partial charge in [0, 0.05) is 11.9 Å². The van der Waals surface area contributed by atoms with Crippen molar-refractivity contribution in [2.45, 2.75) is 57.9 Å². The molecule has 4 bridgehead atoms. The van der Waals surface area contributed by atoms with Crippen LogP contribution in [0.3, 0.4) is 0 Å². The minimum Gasteiger partial charge on any atom is -0.344 e. The maximum atomic E-state index is 6.64. The number of hydrogen-bond acceptors (Lipinski definition) is 2. The third-order valence-corrected chi connectivity index (χ3v) is 6.27. The Morgan fingerprint density at radius 1 is 1.10 bits per heavy atom. The van der Waals surface area contributed by atoms with Gasteiger partial charge in [-0.25, -0.2) is 4.98 Å². The van der Waals surface area contributed by atoms with Crippen LogP contribution in [0.15, 0.2) is 6.20 Å². The first-order valence-electron chi connectivity index (χ1n) is 8.42. The van der Waals surface area contributed by atoms with E-state index in [4.69, 9.17) is 5.73 Å². The molecule has 3 heteroatoms. The van der Waals surface area contributed by atoms with Crippen molar-refractivity contribution in [3.63, 3.8) is 0 Å². The van der Waals surface area contributed by atoms with Gasteiger partial charge < -0.3 is 10.7 Å². The highest BCUT2D eigenvalue weighted by Gasteiger charge is 2.50. The molecule has 20 heavy (non-hydrogen) atoms. The van der Waals surface area contributed by atoms with Crippen LogP contribution in [-0.4, -0.2) is 9.97 Å². The second kappa shape index (κ2) is 4.59. The standard InChI is InChI=1S/C17H27N3/c1-9(2)14-8-19-17(20-14)16(18)15-12-4-10-3-11(6-12)7-13(15)5-10/h8-13,15-16H,3-7,18H2,1-2H3,(H,19,20). The van der Waals surface area contributed by atoms with E-state index in [0.717, 1.165) is 29.5 Å². The lowest BCUT2D eigenvalue weighted by molar-refractivity contribution is -0.0481. The van der Waals surface area contributed by atoms with Crippen molar-refractivity contribution in [3.05, 3.63) is 17.7 Å². The van der Waals surface area contributed by atoms with Gasteiger partial charge in [0.15, 0.2) is 0 Å². The Labute approximate surface area is 121 Å². The predicted octanol–water partition coefficient (Wildman–Crippen LogP) is 3.61. The first kappa shape index (κ1) is 12.9. The smallest absolute Gasteiger partial charge is 0.123 e. The monoisotopic (exact) mass is 273 g/mol. The van der Waals surface area contributed by atoms with E-state index in [2.05, 4.69) is 23.8 Å². The van der Waals surface area contributed by atoms with Crippen LogP contribution in [0, 0.1) is 29.6 Å². The van der Waals surface area contributed by atoms with Crippen molar-refractivity contribution in [1.82, 2.24) is 9.97 Å². The third-order valence-electron chi connectivity index (χ3n) is 6.27. The molecule has 0 amide bonds. The van der Waals surface area contributed by atoms with Crippen molar-refractivity contribution >= 4 is 0 Å². The van der Waals surface area contributed by atoms with E-state index < -0.39 is 0 Å². The quantitative estimate of drug-likeness (QED) is 0.884. The molecular formula is C17H27N3. The van der Waals surface area contributed by atoms with Crippen LogP contribution in [0.25, 0.3) is 0 Å². The Balaban J connectivity index is 1.57. The first-order chi connectivity index (χ1) is 9.61. The van der Waals surface area contributed by atoms with Gasteiger partial charge in [-0.05, 0) is 67.6 Å². The molecule has 110 valence electrons. The summed E-state index contributed by atoms with van der Waals surface area (Å²) in [6.07, 6.45) is 9.22. The summed E-state index contributed by atoms with van der Waals surface area (Å²) in [6.45, 7) is 4.40. The number of nitrogens with two attached hydrogens (primary N) is 1. The lowest BCUT2D eigenvalue weighted by atomic mass is 9.50. The number of imidazole rings is 1. The molecule has 5 rings (SSSR count). The normalized spacial score (nSPS) is 40.5. The van der Waals surface area contributed by atoms with Gasteiger partial charge >= 0.3 is 0 Å². The van der Waals surface area contributed by atoms with E-state index >= 15 is 0 Å². The van der Waals surface area contributed by atoms with E-state index in [9.17, 15) is 0 Å². The highest BCUT2D eigenvalue weighted by Crippen LogP contribution is 2.58. The molecular weight excluding hydrogens is 246 g/mol. The largest absolute Gasteiger partial charge is 0.344 e. The molecule has 3 N–H and O–H groups in total. The second-order valence-electron chi connectivity index (χ2n) is 7.91. The zero-order valence-electron chi connectivity index (χ0n) is 12.7. The van der Waals surface area contributed by atoms with E-state index in [1.165, 1.54) is 37.8 Å². The molecule has 0 radical (unpaired) electrons. The Hall–Kier alpha value is -0.830. The fraction of sp³-hybridized carbons (Fsp3) is 0.824. The summed E-state index contributed by atoms with van der Waals surface area (Å²) in [5.74, 6) is 5.98. The first-order valence-corrected chi connectivity index (χ1v) is 8.42. The molecule has 1 aromatic heterocycles. The van der Waals surface area contributed by atoms with Crippen molar-refractivity contribution in [3.8, 4) is 0 Å². The van der Waals surface area contributed by atoms with Crippen LogP contribution in [0.5, 0.6) is 0 Å². The number of H-pyrrole nitrogens is 1. The van der Waals surface area contributed by atoms with Gasteiger partial charge in [-0.3, -0.25) is 0 Å². The Morgan fingerprint density at radius 3 is 2.20 bits per heavy atom. The average Bonchev–Trinajstić information content (AvgIpc) is 2.86. The molecule has 4 fully saturated rings. The van der Waals surface area contributed by atoms with Gasteiger partial charge in [0.2, 0.25) is 0 Å². The molecule has 1 unspecified atom stereocenters. The summed E-state index contributed by atoms with van der Waals surface area (Å²) >= 11 is 0. The zero-order valence-corrected chi connectivity index (χ0v) is 12.7. The topological polar surface area (TPSA) is 54.7 Å². The summed E-state index contributed by atoms with van der Waals surface area (Å²) in [5.41, 5.74) is 7.86. The molecule has 1 aromatic rings. The number of aromatic nitrogens is 2. The lowest BCUT2D eigenvalue weighted by Crippen LogP contribution is -2.48. The van der Waals surface area contributed by atoms with Gasteiger partial charge in [-0.15, -0.1) is 0 Å². The minimum absolute atomic E-state index is 0.123. The number of nitrogens with zero attached hydrogens (tertiary/aromatic N) is 1. The van der Waals surface area contributed by atoms with Crippen LogP contribution in [0.4, 0.5) is 0 Å². The van der Waals surface area contributed by atoms with Crippen molar-refractivity contribution in [1.29, 1.82) is 0 Å². The predicted molar refractivity (Wildman–Crippen MR) is 80.1 cm³/mol. The van der Waals surface area contributed by atoms with E-state index in [0.29, 0.717) is 11.8 Å². The minimum atomic E-state index is 0.123. The number of nitrogens with one attached hydrogen (secondary N) is 1. The third kappa shape index (κ3) is 1.93. The van der Waals surface area contributed by atoms with Gasteiger partial charge in [-0.1, -0.05) is 13.8 Å². The molecule has 0 aliphatic heterocycles. The summed E-state index contributed by atoms with van der Waals surface area (Å²) < 4.78 is 0. The summed E-state index contributed by atoms with van der Waals surface area (Å²) in [5, 5.41) is 0. The van der Waals surface area contributed by atoms with Gasteiger partial charge in [-0.2, -0.15) is 0 Å². The average molecular weight is 273 g/mol. The number of hydrogen-bond donors (Lipinski definition) is 2. The summed E-state index contributed by atoms with van der Waals surface area (Å²) in [6, 6.07) is 0.123. The van der Waals surface area contributed by atoms with Gasteiger partial charge in [0.05, 0.1) is 6.04 Å². The summed E-state index contributed by atoms with van der Waals surface area (Å²) in [4.78, 5) is 8.07. The van der Waals surface area contributed by atoms with Crippen LogP contribution in [0.1, 0.15) is 69.4 Å². The van der Waals surface area contributed by atoms with Crippen LogP contribution >= 0.6 is 0 Å². The summed E-state index contributed by atoms with van der Waals surface area (Å²) in [7, 11) is 0. The Bertz CT molecular complexity index is 462. The highest BCUT2D eigenvalue weighted by molar-refractivity contribution is 5.11. The Kier molecular flexibility index (Phi) is 2.95. The Morgan fingerprint density at radius 2 is 1.70 bits per heavy atom. The molecule has 4 saturated carbocycles. The van der Waals surface area contributed by atoms with Crippen LogP contribution < -0.4 is 5.73 Å². The van der Waals surface area contributed by atoms with Crippen LogP contribution in [-0.2, 0) is 0 Å². The molecule has 0 saturated heterocycles. The SMILES string of the molecule is CC(C)c1cnc(C(N)C2C3CC4CC(C3)CC2C4)[nH]1. The molecule has 0 spiro atoms. The molecule has 1 atom stereocenters. The molecule has 4 aliphatic rings. The maximum absolute atomic E-state index is 6.64. The second-order valence-corrected chi connectivity index (χ2v) is 7.91. The molecule has 0 aromatic carbocycles. The van der Waals surface area contributed by atoms with Gasteiger partial charge in [0.25, 0.3) is 0 Å². The maximum Gasteiger partial charge on any atom is 0.123 e. The molecule has 3 nitrogen and oxygen atoms in total. The zero-order chi connectivity index (χ0) is 13.9. The van der Waals surface area contributed by atoms with E-state index in [-0.39, 0.29) is 6.04 Å². The van der Waals surface area contributed by atoms with Crippen molar-refractivity contribution in [2.75, 3.05) is 0 Å². The van der Waals surface area contributed by atoms with Crippen LogP contribution in [0.2, 0.25) is 0 Å². The van der Waals surface area contributed by atoms with Crippen molar-refractivity contribution < 1.29 is 0 Å². The van der Waals surface area contributed by atoms with E-state index in [1.807, 2.05) is 6.20 Å².